The second-order valence-electron chi connectivity index (χ2n) is 10.1. The van der Waals surface area contributed by atoms with Crippen molar-refractivity contribution in [1.29, 1.82) is 5.41 Å². The summed E-state index contributed by atoms with van der Waals surface area (Å²) in [6, 6.07) is 1.23. The van der Waals surface area contributed by atoms with Crippen LogP contribution in [0.5, 0.6) is 0 Å². The molecule has 214 valence electrons. The van der Waals surface area contributed by atoms with E-state index in [0.717, 1.165) is 48.7 Å². The molecule has 40 heavy (non-hydrogen) atoms. The quantitative estimate of drug-likeness (QED) is 0.266. The molecule has 3 fully saturated rings. The van der Waals surface area contributed by atoms with E-state index in [9.17, 15) is 31.5 Å². The normalized spacial score (nSPS) is 19.2. The molecule has 0 bridgehead atoms. The summed E-state index contributed by atoms with van der Waals surface area (Å²) in [6.45, 7) is 0.245. The van der Waals surface area contributed by atoms with Crippen LogP contribution in [0.1, 0.15) is 43.5 Å². The van der Waals surface area contributed by atoms with Crippen molar-refractivity contribution in [3.8, 4) is 0 Å². The van der Waals surface area contributed by atoms with Gasteiger partial charge < -0.3 is 20.5 Å². The minimum Gasteiger partial charge on any atom is -0.362 e. The number of nitrogens with one attached hydrogen (secondary N) is 2. The third-order valence-corrected chi connectivity index (χ3v) is 7.56. The van der Waals surface area contributed by atoms with Crippen molar-refractivity contribution in [2.24, 2.45) is 5.92 Å². The summed E-state index contributed by atoms with van der Waals surface area (Å²) >= 11 is 0. The largest absolute Gasteiger partial charge is 0.433 e. The van der Waals surface area contributed by atoms with Crippen molar-refractivity contribution in [2.45, 2.75) is 50.2 Å². The first-order valence-electron chi connectivity index (χ1n) is 12.9. The molecule has 3 aliphatic rings. The summed E-state index contributed by atoms with van der Waals surface area (Å²) in [6.07, 6.45) is -0.809. The second-order valence-corrected chi connectivity index (χ2v) is 10.1. The van der Waals surface area contributed by atoms with Crippen LogP contribution in [0, 0.1) is 11.3 Å². The highest BCUT2D eigenvalue weighted by atomic mass is 19.4. The van der Waals surface area contributed by atoms with Gasteiger partial charge in [0, 0.05) is 25.8 Å². The molecule has 4 heterocycles. The van der Waals surface area contributed by atoms with Crippen LogP contribution in [0.25, 0.3) is 0 Å². The number of pyridine rings is 1. The molecular formula is C25H27F5N8O2. The fourth-order valence-electron chi connectivity index (χ4n) is 5.20. The molecule has 2 saturated heterocycles. The lowest BCUT2D eigenvalue weighted by Gasteiger charge is -2.42. The number of carbonyl (C=O) groups excluding carboxylic acids is 2. The Balaban J connectivity index is 1.38. The zero-order valence-corrected chi connectivity index (χ0v) is 21.3. The van der Waals surface area contributed by atoms with E-state index in [1.165, 1.54) is 6.20 Å². The predicted octanol–water partition coefficient (Wildman–Crippen LogP) is 4.17. The molecule has 0 atom stereocenters. The van der Waals surface area contributed by atoms with Gasteiger partial charge in [-0.2, -0.15) is 13.2 Å². The highest BCUT2D eigenvalue weighted by Crippen LogP contribution is 2.42. The molecular weight excluding hydrogens is 539 g/mol. The van der Waals surface area contributed by atoms with Gasteiger partial charge in [-0.1, -0.05) is 12.8 Å². The van der Waals surface area contributed by atoms with E-state index < -0.39 is 42.3 Å². The van der Waals surface area contributed by atoms with Crippen molar-refractivity contribution >= 4 is 35.5 Å². The average Bonchev–Trinajstić information content (AvgIpc) is 3.73. The zero-order chi connectivity index (χ0) is 28.7. The van der Waals surface area contributed by atoms with Gasteiger partial charge in [0.1, 0.15) is 22.7 Å². The molecule has 2 aromatic rings. The predicted molar refractivity (Wildman–Crippen MR) is 135 cm³/mol. The van der Waals surface area contributed by atoms with E-state index >= 15 is 0 Å². The molecule has 1 aliphatic carbocycles. The Morgan fingerprint density at radius 1 is 1.12 bits per heavy atom. The van der Waals surface area contributed by atoms with E-state index in [1.54, 1.807) is 4.90 Å². The van der Waals surface area contributed by atoms with Gasteiger partial charge in [0.2, 0.25) is 0 Å². The molecule has 1 spiro atoms. The monoisotopic (exact) mass is 566 g/mol. The smallest absolute Gasteiger partial charge is 0.362 e. The number of alkyl halides is 5. The van der Waals surface area contributed by atoms with Gasteiger partial charge in [-0.15, -0.1) is 0 Å². The number of nitrogens with zero attached hydrogens (tertiary/aromatic N) is 6. The summed E-state index contributed by atoms with van der Waals surface area (Å²) < 4.78 is 64.5. The minimum absolute atomic E-state index is 0.0263. The molecule has 1 saturated carbocycles. The number of carbonyl (C=O) groups is 2. The highest BCUT2D eigenvalue weighted by Gasteiger charge is 2.58. The van der Waals surface area contributed by atoms with Gasteiger partial charge in [-0.25, -0.2) is 33.4 Å². The standard InChI is InChI=1S/C25H27F5N8O2/c26-19(27)13-34-21-17(11-31)32-14-20(35-21)36-9-6-24(7-10-36)22(39)38(23(40)37(24)8-5-15-1-2-15)16-3-4-18(33-12-16)25(28,29)30/h3-4,11-12,14-15,19,31H,1-2,5-10,13H2,(H,34,35). The van der Waals surface area contributed by atoms with Gasteiger partial charge in [0.05, 0.1) is 24.6 Å². The van der Waals surface area contributed by atoms with Crippen LogP contribution in [0.2, 0.25) is 0 Å². The summed E-state index contributed by atoms with van der Waals surface area (Å²) in [7, 11) is 0. The number of amides is 3. The lowest BCUT2D eigenvalue weighted by molar-refractivity contribution is -0.141. The Labute approximate surface area is 226 Å². The topological polar surface area (TPSA) is 118 Å². The van der Waals surface area contributed by atoms with Crippen LogP contribution in [-0.2, 0) is 11.0 Å². The van der Waals surface area contributed by atoms with Crippen molar-refractivity contribution in [3.05, 3.63) is 35.9 Å². The zero-order valence-electron chi connectivity index (χ0n) is 21.3. The number of halogens is 5. The van der Waals surface area contributed by atoms with Gasteiger partial charge >= 0.3 is 12.2 Å². The first kappa shape index (κ1) is 27.6. The van der Waals surface area contributed by atoms with Gasteiger partial charge in [0.15, 0.2) is 5.82 Å². The Hall–Kier alpha value is -3.91. The molecule has 2 N–H and O–H groups in total. The fourth-order valence-corrected chi connectivity index (χ4v) is 5.20. The summed E-state index contributed by atoms with van der Waals surface area (Å²) in [5.74, 6) is 0.359. The SMILES string of the molecule is N=Cc1ncc(N2CCC3(CC2)C(=O)N(c2ccc(C(F)(F)F)nc2)C(=O)N3CCC2CC2)nc1NCC(F)F. The number of rotatable bonds is 9. The molecule has 0 aromatic carbocycles. The van der Waals surface area contributed by atoms with Gasteiger partial charge in [-0.05, 0) is 37.3 Å². The molecule has 10 nitrogen and oxygen atoms in total. The second kappa shape index (κ2) is 10.6. The molecule has 15 heteroatoms. The summed E-state index contributed by atoms with van der Waals surface area (Å²) in [5.41, 5.74) is -2.24. The van der Waals surface area contributed by atoms with Crippen LogP contribution in [0.3, 0.4) is 0 Å². The number of urea groups is 1. The number of anilines is 3. The van der Waals surface area contributed by atoms with Crippen LogP contribution >= 0.6 is 0 Å². The number of hydrogen-bond acceptors (Lipinski definition) is 8. The van der Waals surface area contributed by atoms with E-state index in [2.05, 4.69) is 20.3 Å². The Morgan fingerprint density at radius 2 is 1.85 bits per heavy atom. The molecule has 2 aromatic heterocycles. The molecule has 3 amide bonds. The van der Waals surface area contributed by atoms with Crippen LogP contribution in [0.4, 0.5) is 44.1 Å². The summed E-state index contributed by atoms with van der Waals surface area (Å²) in [4.78, 5) is 43.6. The van der Waals surface area contributed by atoms with Crippen molar-refractivity contribution in [2.75, 3.05) is 41.3 Å². The van der Waals surface area contributed by atoms with Crippen LogP contribution in [-0.4, -0.2) is 76.1 Å². The maximum Gasteiger partial charge on any atom is 0.433 e. The number of imide groups is 1. The van der Waals surface area contributed by atoms with Crippen LogP contribution in [0.15, 0.2) is 24.5 Å². The lowest BCUT2D eigenvalue weighted by atomic mass is 9.85. The van der Waals surface area contributed by atoms with E-state index in [4.69, 9.17) is 5.41 Å². The van der Waals surface area contributed by atoms with Crippen molar-refractivity contribution in [3.63, 3.8) is 0 Å². The third-order valence-electron chi connectivity index (χ3n) is 7.56. The van der Waals surface area contributed by atoms with E-state index in [-0.39, 0.29) is 43.1 Å². The maximum absolute atomic E-state index is 13.8. The minimum atomic E-state index is -4.66. The molecule has 5 rings (SSSR count). The van der Waals surface area contributed by atoms with Gasteiger partial charge in [0.25, 0.3) is 12.3 Å². The van der Waals surface area contributed by atoms with Crippen molar-refractivity contribution < 1.29 is 31.5 Å². The number of hydrogen-bond donors (Lipinski definition) is 2. The van der Waals surface area contributed by atoms with E-state index in [0.29, 0.717) is 18.3 Å². The van der Waals surface area contributed by atoms with Gasteiger partial charge in [-0.3, -0.25) is 4.79 Å². The average molecular weight is 567 g/mol. The first-order valence-corrected chi connectivity index (χ1v) is 12.9. The Kier molecular flexibility index (Phi) is 7.31. The Morgan fingerprint density at radius 3 is 2.42 bits per heavy atom. The van der Waals surface area contributed by atoms with Crippen molar-refractivity contribution in [1.82, 2.24) is 19.9 Å². The lowest BCUT2D eigenvalue weighted by Crippen LogP contribution is -2.57. The number of aromatic nitrogens is 3. The third kappa shape index (κ3) is 5.28. The first-order chi connectivity index (χ1) is 19.0. The molecule has 0 unspecified atom stereocenters. The Bertz CT molecular complexity index is 1280. The summed E-state index contributed by atoms with van der Waals surface area (Å²) in [5, 5.41) is 9.95. The highest BCUT2D eigenvalue weighted by molar-refractivity contribution is 6.23. The fraction of sp³-hybridized carbons (Fsp3) is 0.520. The maximum atomic E-state index is 13.8. The molecule has 2 aliphatic heterocycles. The van der Waals surface area contributed by atoms with Crippen LogP contribution < -0.4 is 15.1 Å². The van der Waals surface area contributed by atoms with E-state index in [1.807, 2.05) is 4.90 Å². The number of piperidine rings is 1. The molecule has 0 radical (unpaired) electrons.